The number of aliphatic hydroxyl groups is 7. The SMILES string of the molecule is CC/C=C\C/C=C\C/C=C\C/C=C\C/C=C\CCCCCCOCC(COC1OC(COC2OC(CO)C(O)C(O)C2O)C(O)C(O)C1O)OC(=O)CCCCCCCCCCCCCCC. The molecule has 0 aromatic heterocycles. The highest BCUT2D eigenvalue weighted by atomic mass is 16.7. The normalized spacial score (nSPS) is 26.6. The summed E-state index contributed by atoms with van der Waals surface area (Å²) in [6, 6.07) is 0. The molecule has 2 aliphatic rings. The van der Waals surface area contributed by atoms with Gasteiger partial charge in [-0.05, 0) is 57.8 Å². The molecule has 0 bridgehead atoms. The molecule has 7 N–H and O–H groups in total. The van der Waals surface area contributed by atoms with E-state index in [9.17, 15) is 40.5 Å². The van der Waals surface area contributed by atoms with E-state index in [-0.39, 0.29) is 25.6 Å². The number of hydrogen-bond donors (Lipinski definition) is 7. The first-order valence-corrected chi connectivity index (χ1v) is 25.9. The smallest absolute Gasteiger partial charge is 0.306 e. The number of rotatable bonds is 40. The molecule has 11 atom stereocenters. The molecule has 0 radical (unpaired) electrons. The summed E-state index contributed by atoms with van der Waals surface area (Å²) >= 11 is 0. The Morgan fingerprint density at radius 1 is 0.507 bits per heavy atom. The zero-order valence-electron chi connectivity index (χ0n) is 41.1. The predicted molar refractivity (Wildman–Crippen MR) is 261 cm³/mol. The van der Waals surface area contributed by atoms with Gasteiger partial charge in [-0.25, -0.2) is 0 Å². The number of allylic oxidation sites excluding steroid dienone is 10. The van der Waals surface area contributed by atoms with Crippen molar-refractivity contribution < 1.29 is 69.0 Å². The van der Waals surface area contributed by atoms with Crippen LogP contribution in [-0.4, -0.2) is 142 Å². The quantitative estimate of drug-likeness (QED) is 0.0178. The molecule has 67 heavy (non-hydrogen) atoms. The summed E-state index contributed by atoms with van der Waals surface area (Å²) in [7, 11) is 0. The van der Waals surface area contributed by atoms with Crippen LogP contribution < -0.4 is 0 Å². The van der Waals surface area contributed by atoms with Crippen LogP contribution >= 0.6 is 0 Å². The predicted octanol–water partition coefficient (Wildman–Crippen LogP) is 7.74. The van der Waals surface area contributed by atoms with Crippen molar-refractivity contribution in [3.05, 3.63) is 60.8 Å². The molecule has 14 heteroatoms. The first kappa shape index (κ1) is 60.8. The maximum atomic E-state index is 13.0. The van der Waals surface area contributed by atoms with Gasteiger partial charge >= 0.3 is 5.97 Å². The molecule has 11 unspecified atom stereocenters. The van der Waals surface area contributed by atoms with Crippen LogP contribution in [0.25, 0.3) is 0 Å². The lowest BCUT2D eigenvalue weighted by molar-refractivity contribution is -0.332. The Morgan fingerprint density at radius 3 is 1.52 bits per heavy atom. The fourth-order valence-electron chi connectivity index (χ4n) is 7.84. The minimum absolute atomic E-state index is 0.0437. The van der Waals surface area contributed by atoms with Crippen molar-refractivity contribution in [2.75, 3.05) is 33.0 Å². The van der Waals surface area contributed by atoms with Crippen LogP contribution in [0.2, 0.25) is 0 Å². The number of unbranched alkanes of at least 4 members (excludes halogenated alkanes) is 16. The van der Waals surface area contributed by atoms with Crippen LogP contribution in [0.1, 0.15) is 168 Å². The molecule has 0 aromatic carbocycles. The second-order valence-corrected chi connectivity index (χ2v) is 18.0. The summed E-state index contributed by atoms with van der Waals surface area (Å²) in [5, 5.41) is 72.1. The van der Waals surface area contributed by atoms with E-state index in [2.05, 4.69) is 74.6 Å². The Balaban J connectivity index is 1.77. The van der Waals surface area contributed by atoms with Crippen molar-refractivity contribution in [2.45, 2.75) is 235 Å². The second-order valence-electron chi connectivity index (χ2n) is 18.0. The van der Waals surface area contributed by atoms with E-state index >= 15 is 0 Å². The van der Waals surface area contributed by atoms with Gasteiger partial charge in [0.25, 0.3) is 0 Å². The Hall–Kier alpha value is -2.31. The Kier molecular flexibility index (Phi) is 36.7. The molecule has 0 amide bonds. The van der Waals surface area contributed by atoms with E-state index in [1.165, 1.54) is 57.8 Å². The summed E-state index contributed by atoms with van der Waals surface area (Å²) in [6.07, 6.45) is 31.4. The summed E-state index contributed by atoms with van der Waals surface area (Å²) < 4.78 is 34.2. The molecule has 2 heterocycles. The van der Waals surface area contributed by atoms with Crippen molar-refractivity contribution >= 4 is 5.97 Å². The van der Waals surface area contributed by atoms with Crippen LogP contribution in [0.15, 0.2) is 60.8 Å². The number of carbonyl (C=O) groups excluding carboxylic acids is 1. The van der Waals surface area contributed by atoms with E-state index in [0.29, 0.717) is 13.0 Å². The lowest BCUT2D eigenvalue weighted by Gasteiger charge is -2.42. The second kappa shape index (κ2) is 40.4. The van der Waals surface area contributed by atoms with Crippen LogP contribution in [0.3, 0.4) is 0 Å². The average Bonchev–Trinajstić information content (AvgIpc) is 3.32. The molecule has 14 nitrogen and oxygen atoms in total. The molecule has 0 spiro atoms. The van der Waals surface area contributed by atoms with Gasteiger partial charge in [0, 0.05) is 13.0 Å². The number of ether oxygens (including phenoxy) is 6. The van der Waals surface area contributed by atoms with Crippen molar-refractivity contribution in [3.8, 4) is 0 Å². The van der Waals surface area contributed by atoms with Gasteiger partial charge in [0.15, 0.2) is 12.6 Å². The summed E-state index contributed by atoms with van der Waals surface area (Å²) in [4.78, 5) is 13.0. The fraction of sp³-hybridized carbons (Fsp3) is 0.792. The van der Waals surface area contributed by atoms with Crippen molar-refractivity contribution in [3.63, 3.8) is 0 Å². The van der Waals surface area contributed by atoms with Gasteiger partial charge in [-0.15, -0.1) is 0 Å². The monoisotopic (exact) mass is 953 g/mol. The van der Waals surface area contributed by atoms with Crippen molar-refractivity contribution in [2.24, 2.45) is 0 Å². The van der Waals surface area contributed by atoms with Crippen LogP contribution in [-0.2, 0) is 33.2 Å². The Bertz CT molecular complexity index is 1340. The number of aliphatic hydroxyl groups excluding tert-OH is 7. The van der Waals surface area contributed by atoms with Gasteiger partial charge in [-0.1, -0.05) is 164 Å². The first-order chi connectivity index (χ1) is 32.6. The van der Waals surface area contributed by atoms with Crippen LogP contribution in [0.4, 0.5) is 0 Å². The molecule has 2 fully saturated rings. The zero-order chi connectivity index (χ0) is 48.7. The van der Waals surface area contributed by atoms with Gasteiger partial charge in [0.05, 0.1) is 26.4 Å². The molecule has 388 valence electrons. The molecular weight excluding hydrogens is 861 g/mol. The summed E-state index contributed by atoms with van der Waals surface area (Å²) in [6.45, 7) is 3.50. The van der Waals surface area contributed by atoms with E-state index in [1.807, 2.05) is 0 Å². The third-order valence-corrected chi connectivity index (χ3v) is 12.0. The van der Waals surface area contributed by atoms with Gasteiger partial charge in [0.2, 0.25) is 0 Å². The lowest BCUT2D eigenvalue weighted by Crippen LogP contribution is -2.61. The standard InChI is InChI=1S/C53H92O14/c1-3-5-7-9-11-13-15-17-18-19-20-21-22-23-25-27-29-31-33-35-37-62-39-42(65-45(55)36-34-32-30-28-26-24-16-14-12-10-8-6-4-2)40-63-52-51(61)49(59)47(57)44(67-52)41-64-53-50(60)48(58)46(56)43(38-54)66-53/h5,7,11,13,17-18,20-21,23,25,42-44,46-54,56-61H,3-4,6,8-10,12,14-16,19,22,24,26-41H2,1-2H3/b7-5-,13-11-,18-17-,21-20-,25-23-. The van der Waals surface area contributed by atoms with Gasteiger partial charge in [0.1, 0.15) is 54.9 Å². The summed E-state index contributed by atoms with van der Waals surface area (Å²) in [5.41, 5.74) is 0. The minimum atomic E-state index is -1.71. The average molecular weight is 953 g/mol. The largest absolute Gasteiger partial charge is 0.457 e. The van der Waals surface area contributed by atoms with E-state index < -0.39 is 80.7 Å². The van der Waals surface area contributed by atoms with Crippen LogP contribution in [0.5, 0.6) is 0 Å². The molecule has 2 saturated heterocycles. The maximum Gasteiger partial charge on any atom is 0.306 e. The highest BCUT2D eigenvalue weighted by molar-refractivity contribution is 5.69. The maximum absolute atomic E-state index is 13.0. The third kappa shape index (κ3) is 28.2. The minimum Gasteiger partial charge on any atom is -0.457 e. The fourth-order valence-corrected chi connectivity index (χ4v) is 7.84. The van der Waals surface area contributed by atoms with E-state index in [1.54, 1.807) is 0 Å². The lowest BCUT2D eigenvalue weighted by atomic mass is 9.98. The Morgan fingerprint density at radius 2 is 0.970 bits per heavy atom. The number of carbonyl (C=O) groups is 1. The van der Waals surface area contributed by atoms with E-state index in [0.717, 1.165) is 83.5 Å². The molecule has 0 aromatic rings. The number of esters is 1. The highest BCUT2D eigenvalue weighted by Crippen LogP contribution is 2.26. The van der Waals surface area contributed by atoms with Gasteiger partial charge in [-0.2, -0.15) is 0 Å². The first-order valence-electron chi connectivity index (χ1n) is 25.9. The molecule has 0 aliphatic carbocycles. The molecular formula is C53H92O14. The topological polar surface area (TPSA) is 214 Å². The highest BCUT2D eigenvalue weighted by Gasteiger charge is 2.47. The molecule has 0 saturated carbocycles. The van der Waals surface area contributed by atoms with Gasteiger partial charge < -0.3 is 64.2 Å². The van der Waals surface area contributed by atoms with E-state index in [4.69, 9.17) is 28.4 Å². The van der Waals surface area contributed by atoms with Crippen molar-refractivity contribution in [1.82, 2.24) is 0 Å². The molecule has 2 aliphatic heterocycles. The molecule has 2 rings (SSSR count). The zero-order valence-corrected chi connectivity index (χ0v) is 41.1. The Labute approximate surface area is 403 Å². The van der Waals surface area contributed by atoms with Gasteiger partial charge in [-0.3, -0.25) is 4.79 Å². The third-order valence-electron chi connectivity index (χ3n) is 12.0. The number of hydrogen-bond acceptors (Lipinski definition) is 14. The summed E-state index contributed by atoms with van der Waals surface area (Å²) in [5.74, 6) is -0.387. The van der Waals surface area contributed by atoms with Crippen molar-refractivity contribution in [1.29, 1.82) is 0 Å². The van der Waals surface area contributed by atoms with Crippen LogP contribution in [0, 0.1) is 0 Å².